The minimum absolute atomic E-state index is 0.0726. The molecule has 0 spiro atoms. The summed E-state index contributed by atoms with van der Waals surface area (Å²) in [6.07, 6.45) is 0. The van der Waals surface area contributed by atoms with E-state index in [0.717, 1.165) is 22.4 Å². The van der Waals surface area contributed by atoms with Crippen LogP contribution in [0.1, 0.15) is 5.56 Å². The third kappa shape index (κ3) is 2.28. The van der Waals surface area contributed by atoms with Crippen LogP contribution in [0.15, 0.2) is 48.5 Å². The van der Waals surface area contributed by atoms with Crippen molar-refractivity contribution in [3.05, 3.63) is 54.1 Å². The zero-order valence-corrected chi connectivity index (χ0v) is 9.60. The van der Waals surface area contributed by atoms with Crippen LogP contribution in [0.5, 0.6) is 5.75 Å². The van der Waals surface area contributed by atoms with E-state index in [1.807, 2.05) is 48.5 Å². The summed E-state index contributed by atoms with van der Waals surface area (Å²) in [5.74, 6) is 0.865. The van der Waals surface area contributed by atoms with Crippen LogP contribution in [0.3, 0.4) is 0 Å². The molecule has 0 aromatic heterocycles. The fourth-order valence-electron chi connectivity index (χ4n) is 1.76. The summed E-state index contributed by atoms with van der Waals surface area (Å²) < 4.78 is 5.19. The monoisotopic (exact) mass is 226 g/mol. The van der Waals surface area contributed by atoms with E-state index in [9.17, 15) is 0 Å². The van der Waals surface area contributed by atoms with Crippen LogP contribution >= 0.6 is 0 Å². The van der Waals surface area contributed by atoms with Gasteiger partial charge in [-0.3, -0.25) is 5.41 Å². The first kappa shape index (κ1) is 11.2. The molecule has 0 saturated carbocycles. The maximum Gasteiger partial charge on any atom is 0.123 e. The average molecular weight is 226 g/mol. The SMILES string of the molecule is COc1cccc(-c2ccccc2C(=N)N)c1. The van der Waals surface area contributed by atoms with Gasteiger partial charge in [-0.05, 0) is 23.3 Å². The fourth-order valence-corrected chi connectivity index (χ4v) is 1.76. The smallest absolute Gasteiger partial charge is 0.123 e. The Balaban J connectivity index is 2.56. The topological polar surface area (TPSA) is 59.1 Å². The highest BCUT2D eigenvalue weighted by Gasteiger charge is 2.07. The molecule has 0 amide bonds. The predicted molar refractivity (Wildman–Crippen MR) is 69.4 cm³/mol. The van der Waals surface area contributed by atoms with Gasteiger partial charge < -0.3 is 10.5 Å². The van der Waals surface area contributed by atoms with E-state index in [4.69, 9.17) is 15.9 Å². The molecule has 17 heavy (non-hydrogen) atoms. The van der Waals surface area contributed by atoms with E-state index < -0.39 is 0 Å². The maximum atomic E-state index is 7.57. The molecule has 0 bridgehead atoms. The number of nitrogens with two attached hydrogens (primary N) is 1. The van der Waals surface area contributed by atoms with Crippen molar-refractivity contribution in [2.45, 2.75) is 0 Å². The third-order valence-electron chi connectivity index (χ3n) is 2.60. The van der Waals surface area contributed by atoms with Gasteiger partial charge in [0.05, 0.1) is 7.11 Å². The van der Waals surface area contributed by atoms with Crippen LogP contribution in [0, 0.1) is 5.41 Å². The first-order valence-electron chi connectivity index (χ1n) is 5.30. The molecule has 0 saturated heterocycles. The summed E-state index contributed by atoms with van der Waals surface area (Å²) in [6, 6.07) is 15.3. The minimum atomic E-state index is 0.0726. The maximum absolute atomic E-state index is 7.57. The Morgan fingerprint density at radius 1 is 1.12 bits per heavy atom. The van der Waals surface area contributed by atoms with Crippen molar-refractivity contribution in [1.29, 1.82) is 5.41 Å². The van der Waals surface area contributed by atoms with E-state index in [0.29, 0.717) is 0 Å². The Bertz CT molecular complexity index is 549. The number of benzene rings is 2. The molecule has 86 valence electrons. The van der Waals surface area contributed by atoms with Crippen molar-refractivity contribution in [1.82, 2.24) is 0 Å². The van der Waals surface area contributed by atoms with Crippen molar-refractivity contribution in [3.63, 3.8) is 0 Å². The second-order valence-corrected chi connectivity index (χ2v) is 3.69. The van der Waals surface area contributed by atoms with Crippen molar-refractivity contribution in [2.75, 3.05) is 7.11 Å². The molecule has 3 nitrogen and oxygen atoms in total. The highest BCUT2D eigenvalue weighted by Crippen LogP contribution is 2.26. The molecule has 0 fully saturated rings. The Morgan fingerprint density at radius 3 is 2.59 bits per heavy atom. The molecule has 2 aromatic rings. The normalized spacial score (nSPS) is 9.94. The molecule has 0 heterocycles. The Hall–Kier alpha value is -2.29. The fraction of sp³-hybridized carbons (Fsp3) is 0.0714. The van der Waals surface area contributed by atoms with E-state index >= 15 is 0 Å². The largest absolute Gasteiger partial charge is 0.497 e. The predicted octanol–water partition coefficient (Wildman–Crippen LogP) is 2.65. The lowest BCUT2D eigenvalue weighted by Crippen LogP contribution is -2.12. The lowest BCUT2D eigenvalue weighted by molar-refractivity contribution is 0.415. The third-order valence-corrected chi connectivity index (χ3v) is 2.60. The molecule has 2 aromatic carbocycles. The van der Waals surface area contributed by atoms with Gasteiger partial charge in [0.1, 0.15) is 11.6 Å². The van der Waals surface area contributed by atoms with Gasteiger partial charge in [-0.25, -0.2) is 0 Å². The number of hydrogen-bond acceptors (Lipinski definition) is 2. The van der Waals surface area contributed by atoms with Crippen molar-refractivity contribution < 1.29 is 4.74 Å². The van der Waals surface area contributed by atoms with Crippen LogP contribution in [-0.4, -0.2) is 12.9 Å². The summed E-state index contributed by atoms with van der Waals surface area (Å²) in [7, 11) is 1.63. The highest BCUT2D eigenvalue weighted by molar-refractivity contribution is 6.01. The molecule has 0 atom stereocenters. The Morgan fingerprint density at radius 2 is 1.88 bits per heavy atom. The number of amidine groups is 1. The zero-order valence-electron chi connectivity index (χ0n) is 9.60. The summed E-state index contributed by atoms with van der Waals surface area (Å²) >= 11 is 0. The van der Waals surface area contributed by atoms with Crippen LogP contribution < -0.4 is 10.5 Å². The number of rotatable bonds is 3. The quantitative estimate of drug-likeness (QED) is 0.624. The molecular weight excluding hydrogens is 212 g/mol. The summed E-state index contributed by atoms with van der Waals surface area (Å²) in [4.78, 5) is 0. The van der Waals surface area contributed by atoms with E-state index in [1.165, 1.54) is 0 Å². The van der Waals surface area contributed by atoms with Crippen molar-refractivity contribution in [2.24, 2.45) is 5.73 Å². The minimum Gasteiger partial charge on any atom is -0.497 e. The van der Waals surface area contributed by atoms with Crippen LogP contribution in [0.4, 0.5) is 0 Å². The molecule has 2 rings (SSSR count). The first-order valence-corrected chi connectivity index (χ1v) is 5.30. The van der Waals surface area contributed by atoms with Crippen molar-refractivity contribution in [3.8, 4) is 16.9 Å². The lowest BCUT2D eigenvalue weighted by atomic mass is 9.99. The van der Waals surface area contributed by atoms with Gasteiger partial charge in [-0.2, -0.15) is 0 Å². The van der Waals surface area contributed by atoms with Gasteiger partial charge in [0.2, 0.25) is 0 Å². The van der Waals surface area contributed by atoms with Crippen LogP contribution in [-0.2, 0) is 0 Å². The Labute approximate surface area is 100 Å². The van der Waals surface area contributed by atoms with Gasteiger partial charge in [0.25, 0.3) is 0 Å². The van der Waals surface area contributed by atoms with E-state index in [-0.39, 0.29) is 5.84 Å². The summed E-state index contributed by atoms with van der Waals surface area (Å²) in [5, 5.41) is 7.57. The molecule has 0 aliphatic rings. The zero-order chi connectivity index (χ0) is 12.3. The van der Waals surface area contributed by atoms with Gasteiger partial charge in [0, 0.05) is 5.56 Å². The molecular formula is C14H14N2O. The second-order valence-electron chi connectivity index (χ2n) is 3.69. The number of hydrogen-bond donors (Lipinski definition) is 2. The number of methoxy groups -OCH3 is 1. The van der Waals surface area contributed by atoms with Gasteiger partial charge in [0.15, 0.2) is 0 Å². The molecule has 0 unspecified atom stereocenters. The number of nitrogens with one attached hydrogen (secondary N) is 1. The average Bonchev–Trinajstić information content (AvgIpc) is 2.39. The van der Waals surface area contributed by atoms with E-state index in [2.05, 4.69) is 0 Å². The molecule has 3 heteroatoms. The lowest BCUT2D eigenvalue weighted by Gasteiger charge is -2.09. The van der Waals surface area contributed by atoms with Gasteiger partial charge >= 0.3 is 0 Å². The van der Waals surface area contributed by atoms with E-state index in [1.54, 1.807) is 7.11 Å². The summed E-state index contributed by atoms with van der Waals surface area (Å²) in [5.41, 5.74) is 8.25. The van der Waals surface area contributed by atoms with Crippen LogP contribution in [0.25, 0.3) is 11.1 Å². The first-order chi connectivity index (χ1) is 8.22. The van der Waals surface area contributed by atoms with Gasteiger partial charge in [-0.1, -0.05) is 36.4 Å². The molecule has 0 radical (unpaired) electrons. The summed E-state index contributed by atoms with van der Waals surface area (Å²) in [6.45, 7) is 0. The highest BCUT2D eigenvalue weighted by atomic mass is 16.5. The second kappa shape index (κ2) is 4.70. The Kier molecular flexibility index (Phi) is 3.10. The number of nitrogen functional groups attached to an aromatic ring is 1. The molecule has 0 aliphatic carbocycles. The molecule has 3 N–H and O–H groups in total. The number of ether oxygens (including phenoxy) is 1. The van der Waals surface area contributed by atoms with Crippen LogP contribution in [0.2, 0.25) is 0 Å². The van der Waals surface area contributed by atoms with Crippen molar-refractivity contribution >= 4 is 5.84 Å². The van der Waals surface area contributed by atoms with Gasteiger partial charge in [-0.15, -0.1) is 0 Å². The molecule has 0 aliphatic heterocycles. The standard InChI is InChI=1S/C14H14N2O/c1-17-11-6-4-5-10(9-11)12-7-2-3-8-13(12)14(15)16/h2-9H,1H3,(H3,15,16).